The largest absolute Gasteiger partial charge is 0.338 e. The zero-order chi connectivity index (χ0) is 15.0. The fourth-order valence-corrected chi connectivity index (χ4v) is 3.36. The highest BCUT2D eigenvalue weighted by atomic mass is 35.5. The SMILES string of the molecule is CC(=O)N(CC1CCCN1Cc1ncc(Cl)n1C)C1CC1. The van der Waals surface area contributed by atoms with Crippen molar-refractivity contribution in [2.45, 2.75) is 51.2 Å². The molecule has 1 aromatic heterocycles. The highest BCUT2D eigenvalue weighted by Crippen LogP contribution is 2.29. The standard InChI is InChI=1S/C15H23ClN4O/c1-11(21)20(12-5-6-12)9-13-4-3-7-19(13)10-15-17-8-14(16)18(15)2/h8,12-13H,3-7,9-10H2,1-2H3. The minimum atomic E-state index is 0.212. The Morgan fingerprint density at radius 2 is 2.24 bits per heavy atom. The van der Waals surface area contributed by atoms with E-state index >= 15 is 0 Å². The number of carbonyl (C=O) groups excluding carboxylic acids is 1. The Morgan fingerprint density at radius 1 is 1.48 bits per heavy atom. The lowest BCUT2D eigenvalue weighted by Gasteiger charge is -2.30. The number of likely N-dealkylation sites (tertiary alicyclic amines) is 1. The molecule has 1 saturated heterocycles. The van der Waals surface area contributed by atoms with E-state index in [1.54, 1.807) is 13.1 Å². The second kappa shape index (κ2) is 5.97. The number of rotatable bonds is 5. The second-order valence-electron chi connectivity index (χ2n) is 6.23. The van der Waals surface area contributed by atoms with E-state index in [0.29, 0.717) is 17.2 Å². The van der Waals surface area contributed by atoms with Crippen LogP contribution in [0.5, 0.6) is 0 Å². The van der Waals surface area contributed by atoms with E-state index in [9.17, 15) is 4.79 Å². The van der Waals surface area contributed by atoms with Gasteiger partial charge in [0.2, 0.25) is 5.91 Å². The summed E-state index contributed by atoms with van der Waals surface area (Å²) < 4.78 is 1.93. The van der Waals surface area contributed by atoms with E-state index in [0.717, 1.165) is 31.9 Å². The summed E-state index contributed by atoms with van der Waals surface area (Å²) in [6.07, 6.45) is 6.39. The first-order valence-electron chi connectivity index (χ1n) is 7.73. The van der Waals surface area contributed by atoms with Gasteiger partial charge in [-0.05, 0) is 32.2 Å². The van der Waals surface area contributed by atoms with Crippen LogP contribution in [-0.2, 0) is 18.4 Å². The maximum Gasteiger partial charge on any atom is 0.219 e. The first kappa shape index (κ1) is 14.9. The number of aromatic nitrogens is 2. The summed E-state index contributed by atoms with van der Waals surface area (Å²) in [6.45, 7) is 4.43. The topological polar surface area (TPSA) is 41.4 Å². The average molecular weight is 311 g/mol. The highest BCUT2D eigenvalue weighted by molar-refractivity contribution is 6.29. The number of nitrogens with zero attached hydrogens (tertiary/aromatic N) is 4. The molecule has 116 valence electrons. The molecule has 0 spiro atoms. The molecule has 2 fully saturated rings. The van der Waals surface area contributed by atoms with E-state index in [1.165, 1.54) is 19.3 Å². The van der Waals surface area contributed by atoms with Gasteiger partial charge in [-0.25, -0.2) is 4.98 Å². The van der Waals surface area contributed by atoms with Gasteiger partial charge >= 0.3 is 0 Å². The number of halogens is 1. The summed E-state index contributed by atoms with van der Waals surface area (Å²) in [7, 11) is 1.95. The van der Waals surface area contributed by atoms with Crippen LogP contribution < -0.4 is 0 Å². The third kappa shape index (κ3) is 3.24. The Labute approximate surface area is 130 Å². The average Bonchev–Trinajstić information content (AvgIpc) is 3.12. The van der Waals surface area contributed by atoms with Crippen LogP contribution in [0.1, 0.15) is 38.4 Å². The van der Waals surface area contributed by atoms with Gasteiger partial charge < -0.3 is 9.47 Å². The summed E-state index contributed by atoms with van der Waals surface area (Å²) >= 11 is 6.06. The van der Waals surface area contributed by atoms with Crippen molar-refractivity contribution in [3.05, 3.63) is 17.2 Å². The molecule has 0 aromatic carbocycles. The molecular weight excluding hydrogens is 288 g/mol. The van der Waals surface area contributed by atoms with Gasteiger partial charge in [-0.15, -0.1) is 0 Å². The van der Waals surface area contributed by atoms with Crippen LogP contribution in [0.3, 0.4) is 0 Å². The quantitative estimate of drug-likeness (QED) is 0.836. The molecule has 1 aromatic rings. The molecule has 1 atom stereocenters. The zero-order valence-electron chi connectivity index (χ0n) is 12.8. The molecule has 0 N–H and O–H groups in total. The summed E-state index contributed by atoms with van der Waals surface area (Å²) in [4.78, 5) is 20.7. The molecule has 0 bridgehead atoms. The Bertz CT molecular complexity index is 526. The van der Waals surface area contributed by atoms with Crippen LogP contribution in [0, 0.1) is 0 Å². The van der Waals surface area contributed by atoms with Crippen LogP contribution in [0.4, 0.5) is 0 Å². The Balaban J connectivity index is 1.65. The molecule has 0 radical (unpaired) electrons. The van der Waals surface area contributed by atoms with E-state index in [4.69, 9.17) is 11.6 Å². The molecule has 5 nitrogen and oxygen atoms in total. The minimum Gasteiger partial charge on any atom is -0.338 e. The Hall–Kier alpha value is -1.07. The number of hydrogen-bond acceptors (Lipinski definition) is 3. The molecule has 1 saturated carbocycles. The monoisotopic (exact) mass is 310 g/mol. The van der Waals surface area contributed by atoms with Gasteiger partial charge in [0, 0.05) is 32.6 Å². The summed E-state index contributed by atoms with van der Waals surface area (Å²) in [5.74, 6) is 1.21. The smallest absolute Gasteiger partial charge is 0.219 e. The van der Waals surface area contributed by atoms with Gasteiger partial charge in [-0.3, -0.25) is 9.69 Å². The van der Waals surface area contributed by atoms with Crippen LogP contribution in [0.25, 0.3) is 0 Å². The van der Waals surface area contributed by atoms with Gasteiger partial charge in [0.1, 0.15) is 11.0 Å². The van der Waals surface area contributed by atoms with E-state index in [-0.39, 0.29) is 5.91 Å². The van der Waals surface area contributed by atoms with Crippen molar-refractivity contribution in [3.63, 3.8) is 0 Å². The molecule has 1 unspecified atom stereocenters. The van der Waals surface area contributed by atoms with Crippen molar-refractivity contribution < 1.29 is 4.79 Å². The number of amides is 1. The molecule has 2 heterocycles. The van der Waals surface area contributed by atoms with Crippen molar-refractivity contribution >= 4 is 17.5 Å². The lowest BCUT2D eigenvalue weighted by Crippen LogP contribution is -2.43. The van der Waals surface area contributed by atoms with Gasteiger partial charge in [0.25, 0.3) is 0 Å². The van der Waals surface area contributed by atoms with Crippen LogP contribution >= 0.6 is 11.6 Å². The fraction of sp³-hybridized carbons (Fsp3) is 0.733. The third-order valence-electron chi connectivity index (χ3n) is 4.67. The van der Waals surface area contributed by atoms with Gasteiger partial charge in [-0.2, -0.15) is 0 Å². The second-order valence-corrected chi connectivity index (χ2v) is 6.61. The van der Waals surface area contributed by atoms with Crippen molar-refractivity contribution in [2.24, 2.45) is 7.05 Å². The van der Waals surface area contributed by atoms with Gasteiger partial charge in [-0.1, -0.05) is 11.6 Å². The number of hydrogen-bond donors (Lipinski definition) is 0. The maximum atomic E-state index is 11.8. The van der Waals surface area contributed by atoms with E-state index in [1.807, 2.05) is 11.6 Å². The van der Waals surface area contributed by atoms with Crippen LogP contribution in [0.2, 0.25) is 5.15 Å². The first-order chi connectivity index (χ1) is 10.1. The van der Waals surface area contributed by atoms with E-state index < -0.39 is 0 Å². The van der Waals surface area contributed by atoms with Crippen molar-refractivity contribution in [1.29, 1.82) is 0 Å². The number of imidazole rings is 1. The molecule has 1 amide bonds. The Kier molecular flexibility index (Phi) is 4.22. The lowest BCUT2D eigenvalue weighted by molar-refractivity contribution is -0.130. The maximum absolute atomic E-state index is 11.8. The predicted octanol–water partition coefficient (Wildman–Crippen LogP) is 2.05. The Morgan fingerprint density at radius 3 is 2.81 bits per heavy atom. The summed E-state index contributed by atoms with van der Waals surface area (Å²) in [5, 5.41) is 0.670. The molecular formula is C15H23ClN4O. The molecule has 1 aliphatic heterocycles. The van der Waals surface area contributed by atoms with Crippen molar-refractivity contribution in [3.8, 4) is 0 Å². The molecule has 2 aliphatic rings. The third-order valence-corrected chi connectivity index (χ3v) is 5.02. The molecule has 21 heavy (non-hydrogen) atoms. The highest BCUT2D eigenvalue weighted by Gasteiger charge is 2.35. The fourth-order valence-electron chi connectivity index (χ4n) is 3.21. The predicted molar refractivity (Wildman–Crippen MR) is 82.1 cm³/mol. The number of carbonyl (C=O) groups is 1. The lowest BCUT2D eigenvalue weighted by atomic mass is 10.2. The van der Waals surface area contributed by atoms with Crippen molar-refractivity contribution in [2.75, 3.05) is 13.1 Å². The van der Waals surface area contributed by atoms with Crippen LogP contribution in [-0.4, -0.2) is 50.4 Å². The van der Waals surface area contributed by atoms with Gasteiger partial charge in [0.15, 0.2) is 0 Å². The molecule has 1 aliphatic carbocycles. The summed E-state index contributed by atoms with van der Waals surface area (Å²) in [6, 6.07) is 0.942. The molecule has 6 heteroatoms. The summed E-state index contributed by atoms with van der Waals surface area (Å²) in [5.41, 5.74) is 0. The van der Waals surface area contributed by atoms with Gasteiger partial charge in [0.05, 0.1) is 12.7 Å². The minimum absolute atomic E-state index is 0.212. The van der Waals surface area contributed by atoms with Crippen molar-refractivity contribution in [1.82, 2.24) is 19.4 Å². The van der Waals surface area contributed by atoms with Crippen LogP contribution in [0.15, 0.2) is 6.20 Å². The van der Waals surface area contributed by atoms with E-state index in [2.05, 4.69) is 14.8 Å². The zero-order valence-corrected chi connectivity index (χ0v) is 13.5. The normalized spacial score (nSPS) is 22.7. The molecule has 3 rings (SSSR count). The first-order valence-corrected chi connectivity index (χ1v) is 8.11.